The quantitative estimate of drug-likeness (QED) is 0.824. The van der Waals surface area contributed by atoms with Gasteiger partial charge in [0.05, 0.1) is 5.92 Å². The molecule has 0 saturated carbocycles. The van der Waals surface area contributed by atoms with Crippen LogP contribution in [0.1, 0.15) is 56.8 Å². The second-order valence-corrected chi connectivity index (χ2v) is 7.30. The summed E-state index contributed by atoms with van der Waals surface area (Å²) in [5, 5.41) is 0. The van der Waals surface area contributed by atoms with Gasteiger partial charge in [-0.1, -0.05) is 44.2 Å². The predicted molar refractivity (Wildman–Crippen MR) is 100 cm³/mol. The Morgan fingerprint density at radius 2 is 1.88 bits per heavy atom. The van der Waals surface area contributed by atoms with Gasteiger partial charge in [0, 0.05) is 37.9 Å². The van der Waals surface area contributed by atoms with Gasteiger partial charge in [-0.2, -0.15) is 0 Å². The zero-order chi connectivity index (χ0) is 17.8. The summed E-state index contributed by atoms with van der Waals surface area (Å²) in [6, 6.07) is 10.2. The second-order valence-electron chi connectivity index (χ2n) is 7.30. The average molecular weight is 339 g/mol. The molecule has 1 aromatic heterocycles. The highest BCUT2D eigenvalue weighted by molar-refractivity contribution is 5.84. The van der Waals surface area contributed by atoms with E-state index in [2.05, 4.69) is 53.6 Å². The van der Waals surface area contributed by atoms with Crippen LogP contribution in [0.25, 0.3) is 0 Å². The minimum atomic E-state index is -0.0459. The fraction of sp³-hybridized carbons (Fsp3) is 0.524. The zero-order valence-electron chi connectivity index (χ0n) is 15.6. The Morgan fingerprint density at radius 1 is 1.20 bits per heavy atom. The number of amides is 1. The fourth-order valence-electron chi connectivity index (χ4n) is 3.98. The van der Waals surface area contributed by atoms with Crippen LogP contribution < -0.4 is 0 Å². The molecule has 1 amide bonds. The van der Waals surface area contributed by atoms with Crippen LogP contribution in [0.2, 0.25) is 0 Å². The minimum absolute atomic E-state index is 0.0459. The van der Waals surface area contributed by atoms with Crippen molar-refractivity contribution in [3.63, 3.8) is 0 Å². The van der Waals surface area contributed by atoms with Gasteiger partial charge in [-0.15, -0.1) is 0 Å². The van der Waals surface area contributed by atoms with E-state index in [1.165, 1.54) is 5.82 Å². The number of benzene rings is 1. The molecule has 2 heterocycles. The topological polar surface area (TPSA) is 38.1 Å². The Balaban J connectivity index is 1.68. The largest absolute Gasteiger partial charge is 0.342 e. The molecular weight excluding hydrogens is 310 g/mol. The van der Waals surface area contributed by atoms with Gasteiger partial charge in [0.15, 0.2) is 0 Å². The molecule has 0 N–H and O–H groups in total. The van der Waals surface area contributed by atoms with E-state index in [1.54, 1.807) is 0 Å². The van der Waals surface area contributed by atoms with Crippen molar-refractivity contribution in [1.82, 2.24) is 14.5 Å². The molecule has 134 valence electrons. The summed E-state index contributed by atoms with van der Waals surface area (Å²) < 4.78 is 2.23. The van der Waals surface area contributed by atoms with Crippen LogP contribution in [0.5, 0.6) is 0 Å². The summed E-state index contributed by atoms with van der Waals surface area (Å²) in [6.07, 6.45) is 5.95. The lowest BCUT2D eigenvalue weighted by atomic mass is 9.86. The molecule has 3 rings (SSSR count). The van der Waals surface area contributed by atoms with Crippen molar-refractivity contribution in [2.24, 2.45) is 5.92 Å². The number of nitrogens with zero attached hydrogens (tertiary/aromatic N) is 3. The molecule has 1 aliphatic heterocycles. The maximum absolute atomic E-state index is 13.2. The molecule has 0 aliphatic carbocycles. The number of carbonyl (C=O) groups excluding carboxylic acids is 1. The number of carbonyl (C=O) groups is 1. The molecule has 0 bridgehead atoms. The Kier molecular flexibility index (Phi) is 5.57. The van der Waals surface area contributed by atoms with Crippen molar-refractivity contribution >= 4 is 5.91 Å². The fourth-order valence-corrected chi connectivity index (χ4v) is 3.98. The third-order valence-corrected chi connectivity index (χ3v) is 5.35. The molecule has 1 saturated heterocycles. The van der Waals surface area contributed by atoms with Crippen molar-refractivity contribution in [2.45, 2.75) is 52.0 Å². The molecule has 0 radical (unpaired) electrons. The van der Waals surface area contributed by atoms with Crippen molar-refractivity contribution in [1.29, 1.82) is 0 Å². The van der Waals surface area contributed by atoms with Crippen LogP contribution in [-0.2, 0) is 11.3 Å². The number of hydrogen-bond acceptors (Lipinski definition) is 2. The van der Waals surface area contributed by atoms with Crippen molar-refractivity contribution in [2.75, 3.05) is 13.1 Å². The molecule has 1 atom stereocenters. The first-order valence-electron chi connectivity index (χ1n) is 9.46. The molecule has 1 aliphatic rings. The Bertz CT molecular complexity index is 684. The Morgan fingerprint density at radius 3 is 2.48 bits per heavy atom. The van der Waals surface area contributed by atoms with Crippen LogP contribution in [0.4, 0.5) is 0 Å². The van der Waals surface area contributed by atoms with Crippen LogP contribution in [0.15, 0.2) is 42.7 Å². The number of likely N-dealkylation sites (tertiary alicyclic amines) is 1. The third-order valence-electron chi connectivity index (χ3n) is 5.35. The highest BCUT2D eigenvalue weighted by Crippen LogP contribution is 2.31. The molecular formula is C21H29N3O. The van der Waals surface area contributed by atoms with E-state index in [0.717, 1.165) is 38.0 Å². The number of rotatable bonds is 5. The predicted octanol–water partition coefficient (Wildman–Crippen LogP) is 4.05. The molecule has 4 nitrogen and oxygen atoms in total. The van der Waals surface area contributed by atoms with Gasteiger partial charge in [0.2, 0.25) is 5.91 Å². The first-order valence-corrected chi connectivity index (χ1v) is 9.46. The van der Waals surface area contributed by atoms with Gasteiger partial charge in [-0.25, -0.2) is 4.98 Å². The molecule has 0 spiro atoms. The SMILES string of the molecule is CCn1ccnc1C1CCN(C(=O)[C@@H](c2ccccc2)C(C)C)CC1. The number of piperidine rings is 1. The lowest BCUT2D eigenvalue weighted by Crippen LogP contribution is -2.42. The van der Waals surface area contributed by atoms with E-state index in [1.807, 2.05) is 24.4 Å². The van der Waals surface area contributed by atoms with Crippen molar-refractivity contribution in [3.8, 4) is 0 Å². The van der Waals surface area contributed by atoms with E-state index >= 15 is 0 Å². The molecule has 0 unspecified atom stereocenters. The number of aryl methyl sites for hydroxylation is 1. The van der Waals surface area contributed by atoms with E-state index < -0.39 is 0 Å². The van der Waals surface area contributed by atoms with E-state index in [4.69, 9.17) is 0 Å². The average Bonchev–Trinajstić information content (AvgIpc) is 3.11. The van der Waals surface area contributed by atoms with Crippen molar-refractivity contribution < 1.29 is 4.79 Å². The van der Waals surface area contributed by atoms with Crippen LogP contribution in [0.3, 0.4) is 0 Å². The number of aromatic nitrogens is 2. The molecule has 1 fully saturated rings. The lowest BCUT2D eigenvalue weighted by Gasteiger charge is -2.35. The second kappa shape index (κ2) is 7.85. The Hall–Kier alpha value is -2.10. The summed E-state index contributed by atoms with van der Waals surface area (Å²) in [5.74, 6) is 2.17. The highest BCUT2D eigenvalue weighted by Gasteiger charge is 2.32. The maximum Gasteiger partial charge on any atom is 0.230 e. The first kappa shape index (κ1) is 17.7. The van der Waals surface area contributed by atoms with Gasteiger partial charge < -0.3 is 9.47 Å². The third kappa shape index (κ3) is 3.78. The normalized spacial score (nSPS) is 17.0. The molecule has 2 aromatic rings. The van der Waals surface area contributed by atoms with E-state index in [0.29, 0.717) is 11.8 Å². The standard InChI is InChI=1S/C21H29N3O/c1-4-23-15-12-22-20(23)18-10-13-24(14-11-18)21(25)19(16(2)3)17-8-6-5-7-9-17/h5-9,12,15-16,18-19H,4,10-11,13-14H2,1-3H3/t19-/m1/s1. The smallest absolute Gasteiger partial charge is 0.230 e. The zero-order valence-corrected chi connectivity index (χ0v) is 15.6. The van der Waals surface area contributed by atoms with Crippen LogP contribution in [-0.4, -0.2) is 33.4 Å². The highest BCUT2D eigenvalue weighted by atomic mass is 16.2. The van der Waals surface area contributed by atoms with Gasteiger partial charge in [0.1, 0.15) is 5.82 Å². The molecule has 4 heteroatoms. The van der Waals surface area contributed by atoms with Crippen LogP contribution >= 0.6 is 0 Å². The van der Waals surface area contributed by atoms with E-state index in [9.17, 15) is 4.79 Å². The van der Waals surface area contributed by atoms with Gasteiger partial charge in [0.25, 0.3) is 0 Å². The number of hydrogen-bond donors (Lipinski definition) is 0. The van der Waals surface area contributed by atoms with Gasteiger partial charge >= 0.3 is 0 Å². The summed E-state index contributed by atoms with van der Waals surface area (Å²) in [7, 11) is 0. The summed E-state index contributed by atoms with van der Waals surface area (Å²) in [4.78, 5) is 19.8. The summed E-state index contributed by atoms with van der Waals surface area (Å²) >= 11 is 0. The van der Waals surface area contributed by atoms with E-state index in [-0.39, 0.29) is 11.8 Å². The van der Waals surface area contributed by atoms with Gasteiger partial charge in [-0.05, 0) is 31.2 Å². The van der Waals surface area contributed by atoms with Crippen molar-refractivity contribution in [3.05, 3.63) is 54.1 Å². The number of imidazole rings is 1. The maximum atomic E-state index is 13.2. The molecule has 25 heavy (non-hydrogen) atoms. The first-order chi connectivity index (χ1) is 12.1. The Labute approximate surface area is 150 Å². The monoisotopic (exact) mass is 339 g/mol. The lowest BCUT2D eigenvalue weighted by molar-refractivity contribution is -0.135. The van der Waals surface area contributed by atoms with Gasteiger partial charge in [-0.3, -0.25) is 4.79 Å². The summed E-state index contributed by atoms with van der Waals surface area (Å²) in [6.45, 7) is 9.04. The van der Waals surface area contributed by atoms with Crippen LogP contribution in [0, 0.1) is 5.92 Å². The molecule has 1 aromatic carbocycles. The minimum Gasteiger partial charge on any atom is -0.342 e. The summed E-state index contributed by atoms with van der Waals surface area (Å²) in [5.41, 5.74) is 1.13.